The van der Waals surface area contributed by atoms with E-state index in [1.165, 1.54) is 19.2 Å². The summed E-state index contributed by atoms with van der Waals surface area (Å²) in [4.78, 5) is 4.64. The van der Waals surface area contributed by atoms with Crippen LogP contribution in [0.1, 0.15) is 48.9 Å². The Morgan fingerprint density at radius 1 is 0.971 bits per heavy atom. The number of alkyl halides is 3. The van der Waals surface area contributed by atoms with E-state index >= 15 is 0 Å². The van der Waals surface area contributed by atoms with Crippen molar-refractivity contribution in [1.29, 1.82) is 0 Å². The van der Waals surface area contributed by atoms with Gasteiger partial charge in [0.05, 0.1) is 24.5 Å². The number of hydrogen-bond acceptors (Lipinski definition) is 5. The smallest absolute Gasteiger partial charge is 0.419 e. The van der Waals surface area contributed by atoms with Gasteiger partial charge >= 0.3 is 6.18 Å². The Labute approximate surface area is 199 Å². The first-order valence-corrected chi connectivity index (χ1v) is 11.1. The first kappa shape index (κ1) is 27.1. The van der Waals surface area contributed by atoms with Crippen molar-refractivity contribution in [2.75, 3.05) is 26.9 Å². The van der Waals surface area contributed by atoms with Crippen LogP contribution in [-0.2, 0) is 11.0 Å². The molecule has 0 saturated carbocycles. The minimum absolute atomic E-state index is 0.145. The number of halogens is 3. The first-order chi connectivity index (χ1) is 16.2. The minimum Gasteiger partial charge on any atom is -0.493 e. The summed E-state index contributed by atoms with van der Waals surface area (Å²) in [5, 5.41) is 3.69. The molecular weight excluding hydrogens is 447 g/mol. The van der Waals surface area contributed by atoms with Crippen LogP contribution in [0.15, 0.2) is 47.6 Å². The monoisotopic (exact) mass is 479 g/mol. The van der Waals surface area contributed by atoms with Crippen molar-refractivity contribution in [2.45, 2.75) is 46.7 Å². The van der Waals surface area contributed by atoms with Crippen LogP contribution in [0.5, 0.6) is 17.2 Å². The predicted molar refractivity (Wildman–Crippen MR) is 127 cm³/mol. The Balaban J connectivity index is 1.89. The molecule has 186 valence electrons. The highest BCUT2D eigenvalue weighted by Crippen LogP contribution is 2.37. The van der Waals surface area contributed by atoms with Gasteiger partial charge in [0.1, 0.15) is 31.0 Å². The van der Waals surface area contributed by atoms with Gasteiger partial charge in [0.2, 0.25) is 0 Å². The van der Waals surface area contributed by atoms with Crippen LogP contribution in [0.25, 0.3) is 0 Å². The number of ether oxygens (including phenoxy) is 3. The third-order valence-corrected chi connectivity index (χ3v) is 4.99. The summed E-state index contributed by atoms with van der Waals surface area (Å²) in [6, 6.07) is 7.72. The zero-order valence-corrected chi connectivity index (χ0v) is 20.3. The molecule has 8 heteroatoms. The number of oxime groups is 1. The molecule has 0 bridgehead atoms. The van der Waals surface area contributed by atoms with E-state index in [1.54, 1.807) is 6.92 Å². The van der Waals surface area contributed by atoms with E-state index in [0.717, 1.165) is 28.7 Å². The zero-order chi connectivity index (χ0) is 25.1. The summed E-state index contributed by atoms with van der Waals surface area (Å²) >= 11 is 0. The number of rotatable bonds is 12. The van der Waals surface area contributed by atoms with Gasteiger partial charge in [-0.05, 0) is 87.6 Å². The second-order valence-electron chi connectivity index (χ2n) is 7.74. The number of allylic oxidation sites excluding steroid dienone is 1. The molecule has 0 spiro atoms. The lowest BCUT2D eigenvalue weighted by molar-refractivity contribution is -0.139. The zero-order valence-electron chi connectivity index (χ0n) is 20.3. The Hall–Kier alpha value is -3.16. The molecule has 2 rings (SSSR count). The van der Waals surface area contributed by atoms with Gasteiger partial charge in [-0.15, -0.1) is 0 Å². The fourth-order valence-electron chi connectivity index (χ4n) is 3.31. The number of nitrogens with zero attached hydrogens (tertiary/aromatic N) is 1. The lowest BCUT2D eigenvalue weighted by atomic mass is 10.1. The molecule has 0 atom stereocenters. The highest BCUT2D eigenvalue weighted by molar-refractivity contribution is 5.98. The third kappa shape index (κ3) is 8.01. The molecule has 0 aliphatic carbocycles. The minimum atomic E-state index is -4.54. The highest BCUT2D eigenvalue weighted by atomic mass is 19.4. The van der Waals surface area contributed by atoms with Crippen molar-refractivity contribution in [3.8, 4) is 17.2 Å². The maximum atomic E-state index is 13.5. The molecule has 0 saturated heterocycles. The Morgan fingerprint density at radius 3 is 2.21 bits per heavy atom. The van der Waals surface area contributed by atoms with E-state index in [1.807, 2.05) is 45.1 Å². The quantitative estimate of drug-likeness (QED) is 0.144. The molecule has 2 aromatic rings. The van der Waals surface area contributed by atoms with E-state index in [0.29, 0.717) is 37.3 Å². The van der Waals surface area contributed by atoms with Crippen LogP contribution in [0.3, 0.4) is 0 Å². The lowest BCUT2D eigenvalue weighted by Crippen LogP contribution is -2.11. The van der Waals surface area contributed by atoms with Gasteiger partial charge in [0, 0.05) is 0 Å². The van der Waals surface area contributed by atoms with E-state index in [2.05, 4.69) is 9.99 Å². The SMILES string of the molecule is C/C=C/COc1cc(C)c(OCCCCOc2ccc(/C(C)=N/OC)cc2C(F)(F)F)c(C)c1. The van der Waals surface area contributed by atoms with E-state index < -0.39 is 11.7 Å². The summed E-state index contributed by atoms with van der Waals surface area (Å²) in [6.45, 7) is 8.51. The fourth-order valence-corrected chi connectivity index (χ4v) is 3.31. The van der Waals surface area contributed by atoms with Gasteiger partial charge in [-0.25, -0.2) is 0 Å². The second-order valence-corrected chi connectivity index (χ2v) is 7.74. The van der Waals surface area contributed by atoms with Crippen LogP contribution in [0.4, 0.5) is 13.2 Å². The number of aryl methyl sites for hydroxylation is 2. The summed E-state index contributed by atoms with van der Waals surface area (Å²) in [7, 11) is 1.34. The number of unbranched alkanes of at least 4 members (excludes halogenated alkanes) is 1. The normalized spacial score (nSPS) is 12.2. The van der Waals surface area contributed by atoms with Gasteiger partial charge in [-0.3, -0.25) is 0 Å². The van der Waals surface area contributed by atoms with E-state index in [9.17, 15) is 13.2 Å². The fraction of sp³-hybridized carbons (Fsp3) is 0.423. The van der Waals surface area contributed by atoms with Gasteiger partial charge < -0.3 is 19.0 Å². The van der Waals surface area contributed by atoms with Crippen molar-refractivity contribution in [2.24, 2.45) is 5.16 Å². The molecule has 0 amide bonds. The van der Waals surface area contributed by atoms with Crippen LogP contribution >= 0.6 is 0 Å². The van der Waals surface area contributed by atoms with Crippen molar-refractivity contribution >= 4 is 5.71 Å². The number of benzene rings is 2. The summed E-state index contributed by atoms with van der Waals surface area (Å²) in [5.41, 5.74) is 1.76. The van der Waals surface area contributed by atoms with Crippen molar-refractivity contribution < 1.29 is 32.2 Å². The van der Waals surface area contributed by atoms with Crippen molar-refractivity contribution in [3.63, 3.8) is 0 Å². The summed E-state index contributed by atoms with van der Waals surface area (Å²) in [6.07, 6.45) is 0.501. The highest BCUT2D eigenvalue weighted by Gasteiger charge is 2.35. The molecule has 0 aliphatic rings. The summed E-state index contributed by atoms with van der Waals surface area (Å²) in [5.74, 6) is 1.37. The largest absolute Gasteiger partial charge is 0.493 e. The Kier molecular flexibility index (Phi) is 10.3. The van der Waals surface area contributed by atoms with Gasteiger partial charge in [0.25, 0.3) is 0 Å². The number of hydrogen-bond donors (Lipinski definition) is 0. The van der Waals surface area contributed by atoms with Crippen LogP contribution < -0.4 is 14.2 Å². The molecule has 0 radical (unpaired) electrons. The molecule has 2 aromatic carbocycles. The maximum Gasteiger partial charge on any atom is 0.419 e. The second kappa shape index (κ2) is 12.9. The molecule has 0 unspecified atom stereocenters. The maximum absolute atomic E-state index is 13.5. The predicted octanol–water partition coefficient (Wildman–Crippen LogP) is 6.89. The Morgan fingerprint density at radius 2 is 1.62 bits per heavy atom. The molecule has 0 fully saturated rings. The third-order valence-electron chi connectivity index (χ3n) is 4.99. The molecule has 0 aliphatic heterocycles. The van der Waals surface area contributed by atoms with E-state index in [4.69, 9.17) is 14.2 Å². The molecule has 0 aromatic heterocycles. The van der Waals surface area contributed by atoms with Gasteiger partial charge in [-0.1, -0.05) is 17.3 Å². The van der Waals surface area contributed by atoms with Gasteiger partial charge in [-0.2, -0.15) is 13.2 Å². The lowest BCUT2D eigenvalue weighted by Gasteiger charge is -2.16. The molecule has 0 heterocycles. The van der Waals surface area contributed by atoms with Crippen LogP contribution in [0, 0.1) is 13.8 Å². The Bertz CT molecular complexity index is 977. The molecular formula is C26H32F3NO4. The topological polar surface area (TPSA) is 49.3 Å². The van der Waals surface area contributed by atoms with Crippen molar-refractivity contribution in [1.82, 2.24) is 0 Å². The van der Waals surface area contributed by atoms with E-state index in [-0.39, 0.29) is 12.4 Å². The molecule has 0 N–H and O–H groups in total. The molecule has 5 nitrogen and oxygen atoms in total. The van der Waals surface area contributed by atoms with Crippen LogP contribution in [0.2, 0.25) is 0 Å². The average molecular weight is 480 g/mol. The summed E-state index contributed by atoms with van der Waals surface area (Å²) < 4.78 is 57.6. The van der Waals surface area contributed by atoms with Gasteiger partial charge in [0.15, 0.2) is 0 Å². The van der Waals surface area contributed by atoms with Crippen LogP contribution in [-0.4, -0.2) is 32.6 Å². The first-order valence-electron chi connectivity index (χ1n) is 11.1. The molecule has 34 heavy (non-hydrogen) atoms. The average Bonchev–Trinajstić information content (AvgIpc) is 2.77. The van der Waals surface area contributed by atoms with Crippen molar-refractivity contribution in [3.05, 3.63) is 64.7 Å². The standard InChI is InChI=1S/C26H32F3NO4/c1-6-7-12-32-22-15-18(2)25(19(3)16-22)34-14-9-8-13-33-24-11-10-21(20(4)30-31-5)17-23(24)26(27,28)29/h6-7,10-11,15-17H,8-9,12-14H2,1-5H3/b7-6+,30-20+.